The Balaban J connectivity index is 1.53. The molecule has 0 saturated carbocycles. The fraction of sp³-hybridized carbons (Fsp3) is 0.250. The molecule has 1 fully saturated rings. The Hall–Kier alpha value is -3.75. The van der Waals surface area contributed by atoms with E-state index in [1.807, 2.05) is 0 Å². The first kappa shape index (κ1) is 18.6. The van der Waals surface area contributed by atoms with Gasteiger partial charge >= 0.3 is 0 Å². The molecule has 1 saturated heterocycles. The minimum Gasteiger partial charge on any atom is -0.480 e. The van der Waals surface area contributed by atoms with Gasteiger partial charge in [-0.1, -0.05) is 0 Å². The second kappa shape index (κ2) is 7.34. The lowest BCUT2D eigenvalue weighted by atomic mass is 10.0. The summed E-state index contributed by atoms with van der Waals surface area (Å²) in [6.45, 7) is 0.206. The molecule has 0 bridgehead atoms. The van der Waals surface area contributed by atoms with Crippen molar-refractivity contribution in [2.75, 3.05) is 12.4 Å². The van der Waals surface area contributed by atoms with Crippen molar-refractivity contribution in [1.82, 2.24) is 15.2 Å². The van der Waals surface area contributed by atoms with Crippen LogP contribution in [-0.2, 0) is 16.1 Å². The van der Waals surface area contributed by atoms with Crippen molar-refractivity contribution in [2.45, 2.75) is 25.4 Å². The number of hydrogen-bond donors (Lipinski definition) is 2. The molecule has 1 aromatic carbocycles. The van der Waals surface area contributed by atoms with Crippen LogP contribution in [0.2, 0.25) is 0 Å². The van der Waals surface area contributed by atoms with Gasteiger partial charge in [0.25, 0.3) is 11.8 Å². The van der Waals surface area contributed by atoms with Crippen molar-refractivity contribution in [3.05, 3.63) is 53.2 Å². The molecule has 4 amide bonds. The largest absolute Gasteiger partial charge is 0.480 e. The van der Waals surface area contributed by atoms with Crippen LogP contribution in [0.1, 0.15) is 39.1 Å². The summed E-state index contributed by atoms with van der Waals surface area (Å²) in [6, 6.07) is 7.44. The van der Waals surface area contributed by atoms with Crippen molar-refractivity contribution < 1.29 is 23.9 Å². The zero-order valence-electron chi connectivity index (χ0n) is 15.6. The Morgan fingerprint density at radius 3 is 2.86 bits per heavy atom. The van der Waals surface area contributed by atoms with Gasteiger partial charge in [0.05, 0.1) is 7.11 Å². The van der Waals surface area contributed by atoms with E-state index < -0.39 is 11.9 Å². The Bertz CT molecular complexity index is 1040. The van der Waals surface area contributed by atoms with E-state index >= 15 is 0 Å². The first-order valence-corrected chi connectivity index (χ1v) is 9.06. The second-order valence-corrected chi connectivity index (χ2v) is 6.79. The molecule has 9 nitrogen and oxygen atoms in total. The molecule has 4 rings (SSSR count). The van der Waals surface area contributed by atoms with Gasteiger partial charge in [-0.2, -0.15) is 0 Å². The standard InChI is InChI=1S/C20H18N4O5/c1-29-19-14(3-2-8-21-19)22-17(26)11-4-5-13-12(9-11)10-24(20(13)28)15-6-7-16(25)23-18(15)27/h2-5,8-9,15H,6-7,10H2,1H3,(H,22,26)(H,23,25,27). The number of aromatic nitrogens is 1. The van der Waals surface area contributed by atoms with Crippen LogP contribution in [0.25, 0.3) is 0 Å². The quantitative estimate of drug-likeness (QED) is 0.750. The number of anilines is 1. The van der Waals surface area contributed by atoms with E-state index in [2.05, 4.69) is 15.6 Å². The molecular formula is C20H18N4O5. The fourth-order valence-electron chi connectivity index (χ4n) is 3.56. The highest BCUT2D eigenvalue weighted by Crippen LogP contribution is 2.29. The Morgan fingerprint density at radius 1 is 1.28 bits per heavy atom. The number of fused-ring (bicyclic) bond motifs is 1. The number of amides is 4. The van der Waals surface area contributed by atoms with Gasteiger partial charge < -0.3 is 15.0 Å². The molecule has 0 spiro atoms. The van der Waals surface area contributed by atoms with E-state index in [4.69, 9.17) is 4.74 Å². The van der Waals surface area contributed by atoms with Crippen molar-refractivity contribution in [1.29, 1.82) is 0 Å². The summed E-state index contributed by atoms with van der Waals surface area (Å²) in [6.07, 6.45) is 2.04. The molecule has 1 atom stereocenters. The summed E-state index contributed by atoms with van der Waals surface area (Å²) in [4.78, 5) is 54.3. The van der Waals surface area contributed by atoms with Gasteiger partial charge in [0, 0.05) is 30.3 Å². The molecule has 0 radical (unpaired) electrons. The summed E-state index contributed by atoms with van der Waals surface area (Å²) in [5.41, 5.74) is 1.91. The van der Waals surface area contributed by atoms with Crippen LogP contribution in [0.15, 0.2) is 36.5 Å². The molecule has 29 heavy (non-hydrogen) atoms. The molecular weight excluding hydrogens is 376 g/mol. The summed E-state index contributed by atoms with van der Waals surface area (Å²) in [5, 5.41) is 5.01. The maximum atomic E-state index is 12.7. The molecule has 2 aromatic rings. The number of pyridine rings is 1. The highest BCUT2D eigenvalue weighted by Gasteiger charge is 2.39. The third-order valence-corrected chi connectivity index (χ3v) is 5.00. The average Bonchev–Trinajstić information content (AvgIpc) is 3.04. The predicted octanol–water partition coefficient (Wildman–Crippen LogP) is 1.10. The maximum Gasteiger partial charge on any atom is 0.255 e. The maximum absolute atomic E-state index is 12.7. The van der Waals surface area contributed by atoms with Crippen LogP contribution in [0.5, 0.6) is 5.88 Å². The number of imide groups is 1. The van der Waals surface area contributed by atoms with Gasteiger partial charge in [-0.25, -0.2) is 4.98 Å². The normalized spacial score (nSPS) is 18.3. The number of ether oxygens (including phenoxy) is 1. The number of nitrogens with zero attached hydrogens (tertiary/aromatic N) is 2. The number of methoxy groups -OCH3 is 1. The lowest BCUT2D eigenvalue weighted by molar-refractivity contribution is -0.136. The molecule has 2 N–H and O–H groups in total. The van der Waals surface area contributed by atoms with Gasteiger partial charge in [0.2, 0.25) is 17.7 Å². The Kier molecular flexibility index (Phi) is 4.71. The number of nitrogens with one attached hydrogen (secondary N) is 2. The number of rotatable bonds is 4. The molecule has 2 aliphatic heterocycles. The van der Waals surface area contributed by atoms with Crippen molar-refractivity contribution in [3.8, 4) is 5.88 Å². The van der Waals surface area contributed by atoms with Crippen molar-refractivity contribution in [2.24, 2.45) is 0 Å². The van der Waals surface area contributed by atoms with Crippen LogP contribution in [0.4, 0.5) is 5.69 Å². The predicted molar refractivity (Wildman–Crippen MR) is 101 cm³/mol. The Morgan fingerprint density at radius 2 is 2.10 bits per heavy atom. The van der Waals surface area contributed by atoms with Gasteiger partial charge in [-0.05, 0) is 42.3 Å². The van der Waals surface area contributed by atoms with E-state index in [9.17, 15) is 19.2 Å². The summed E-state index contributed by atoms with van der Waals surface area (Å²) >= 11 is 0. The molecule has 9 heteroatoms. The minimum atomic E-state index is -0.690. The molecule has 0 aliphatic carbocycles. The summed E-state index contributed by atoms with van der Waals surface area (Å²) in [5.74, 6) is -1.16. The number of carbonyl (C=O) groups excluding carboxylic acids is 4. The van der Waals surface area contributed by atoms with Crippen molar-refractivity contribution in [3.63, 3.8) is 0 Å². The number of benzene rings is 1. The first-order chi connectivity index (χ1) is 14.0. The molecule has 1 unspecified atom stereocenters. The van der Waals surface area contributed by atoms with Gasteiger partial charge in [0.1, 0.15) is 11.7 Å². The van der Waals surface area contributed by atoms with E-state index in [0.717, 1.165) is 0 Å². The molecule has 1 aromatic heterocycles. The smallest absolute Gasteiger partial charge is 0.255 e. The Labute approximate surface area is 166 Å². The van der Waals surface area contributed by atoms with E-state index in [-0.39, 0.29) is 30.7 Å². The van der Waals surface area contributed by atoms with Crippen LogP contribution in [0.3, 0.4) is 0 Å². The number of carbonyl (C=O) groups is 4. The minimum absolute atomic E-state index is 0.192. The summed E-state index contributed by atoms with van der Waals surface area (Å²) < 4.78 is 5.13. The lowest BCUT2D eigenvalue weighted by Gasteiger charge is -2.29. The molecule has 3 heterocycles. The van der Waals surface area contributed by atoms with E-state index in [0.29, 0.717) is 34.7 Å². The number of hydrogen-bond acceptors (Lipinski definition) is 6. The second-order valence-electron chi connectivity index (χ2n) is 6.79. The highest BCUT2D eigenvalue weighted by molar-refractivity contribution is 6.08. The fourth-order valence-corrected chi connectivity index (χ4v) is 3.56. The third kappa shape index (κ3) is 3.42. The molecule has 148 valence electrons. The van der Waals surface area contributed by atoms with E-state index in [1.54, 1.807) is 36.5 Å². The van der Waals surface area contributed by atoms with Crippen molar-refractivity contribution >= 4 is 29.3 Å². The molecule has 2 aliphatic rings. The number of piperidine rings is 1. The SMILES string of the molecule is COc1ncccc1NC(=O)c1ccc2c(c1)CN(C1CCC(=O)NC1=O)C2=O. The lowest BCUT2D eigenvalue weighted by Crippen LogP contribution is -2.52. The zero-order valence-corrected chi connectivity index (χ0v) is 15.6. The monoisotopic (exact) mass is 394 g/mol. The van der Waals surface area contributed by atoms with Gasteiger partial charge in [0.15, 0.2) is 0 Å². The van der Waals surface area contributed by atoms with E-state index in [1.165, 1.54) is 12.0 Å². The first-order valence-electron chi connectivity index (χ1n) is 9.06. The highest BCUT2D eigenvalue weighted by atomic mass is 16.5. The summed E-state index contributed by atoms with van der Waals surface area (Å²) in [7, 11) is 1.46. The van der Waals surface area contributed by atoms with Gasteiger partial charge in [-0.3, -0.25) is 24.5 Å². The van der Waals surface area contributed by atoms with Crippen LogP contribution < -0.4 is 15.4 Å². The topological polar surface area (TPSA) is 118 Å². The third-order valence-electron chi connectivity index (χ3n) is 5.00. The van der Waals surface area contributed by atoms with Crippen LogP contribution in [-0.4, -0.2) is 46.7 Å². The average molecular weight is 394 g/mol. The van der Waals surface area contributed by atoms with Crippen LogP contribution in [0, 0.1) is 0 Å². The zero-order chi connectivity index (χ0) is 20.5. The van der Waals surface area contributed by atoms with Gasteiger partial charge in [-0.15, -0.1) is 0 Å². The van der Waals surface area contributed by atoms with Crippen LogP contribution >= 0.6 is 0 Å².